The summed E-state index contributed by atoms with van der Waals surface area (Å²) in [5.74, 6) is -0.733. The SMILES string of the molecule is CC(=O)Nc1ccc(-c2cnc3cc(Cl)ccc3n2)c(F)c1. The van der Waals surface area contributed by atoms with Crippen LogP contribution in [0.25, 0.3) is 22.3 Å². The van der Waals surface area contributed by atoms with Gasteiger partial charge in [0.15, 0.2) is 0 Å². The summed E-state index contributed by atoms with van der Waals surface area (Å²) in [6.45, 7) is 1.37. The molecule has 110 valence electrons. The second-order valence-corrected chi connectivity index (χ2v) is 5.20. The largest absolute Gasteiger partial charge is 0.326 e. The van der Waals surface area contributed by atoms with Crippen molar-refractivity contribution in [3.05, 3.63) is 53.4 Å². The molecule has 22 heavy (non-hydrogen) atoms. The molecule has 1 N–H and O–H groups in total. The van der Waals surface area contributed by atoms with Gasteiger partial charge >= 0.3 is 0 Å². The van der Waals surface area contributed by atoms with E-state index in [0.717, 1.165) is 0 Å². The van der Waals surface area contributed by atoms with Crippen molar-refractivity contribution in [2.75, 3.05) is 5.32 Å². The van der Waals surface area contributed by atoms with Crippen LogP contribution in [0.2, 0.25) is 5.02 Å². The van der Waals surface area contributed by atoms with Gasteiger partial charge in [0, 0.05) is 23.2 Å². The first-order valence-electron chi connectivity index (χ1n) is 6.53. The van der Waals surface area contributed by atoms with Crippen LogP contribution in [0.15, 0.2) is 42.6 Å². The molecule has 4 nitrogen and oxygen atoms in total. The number of fused-ring (bicyclic) bond motifs is 1. The summed E-state index contributed by atoms with van der Waals surface area (Å²) in [7, 11) is 0. The molecule has 0 bridgehead atoms. The van der Waals surface area contributed by atoms with E-state index in [1.807, 2.05) is 0 Å². The molecule has 3 rings (SSSR count). The van der Waals surface area contributed by atoms with Gasteiger partial charge in [0.2, 0.25) is 5.91 Å². The first-order valence-corrected chi connectivity index (χ1v) is 6.90. The summed E-state index contributed by atoms with van der Waals surface area (Å²) < 4.78 is 14.2. The van der Waals surface area contributed by atoms with Crippen molar-refractivity contribution < 1.29 is 9.18 Å². The summed E-state index contributed by atoms with van der Waals surface area (Å²) in [6.07, 6.45) is 1.50. The van der Waals surface area contributed by atoms with Crippen molar-refractivity contribution in [1.82, 2.24) is 9.97 Å². The van der Waals surface area contributed by atoms with Crippen molar-refractivity contribution in [2.45, 2.75) is 6.92 Å². The van der Waals surface area contributed by atoms with Crippen LogP contribution >= 0.6 is 11.6 Å². The van der Waals surface area contributed by atoms with Crippen LogP contribution in [0.5, 0.6) is 0 Å². The highest BCUT2D eigenvalue weighted by molar-refractivity contribution is 6.31. The molecule has 1 heterocycles. The fraction of sp³-hybridized carbons (Fsp3) is 0.0625. The number of anilines is 1. The van der Waals surface area contributed by atoms with E-state index in [-0.39, 0.29) is 5.91 Å². The topological polar surface area (TPSA) is 54.9 Å². The maximum atomic E-state index is 14.2. The number of amides is 1. The Hall–Kier alpha value is -2.53. The second-order valence-electron chi connectivity index (χ2n) is 4.76. The Morgan fingerprint density at radius 2 is 2.00 bits per heavy atom. The van der Waals surface area contributed by atoms with Gasteiger partial charge in [-0.2, -0.15) is 0 Å². The molecule has 6 heteroatoms. The van der Waals surface area contributed by atoms with Gasteiger partial charge in [-0.15, -0.1) is 0 Å². The maximum Gasteiger partial charge on any atom is 0.221 e. The number of carbonyl (C=O) groups is 1. The lowest BCUT2D eigenvalue weighted by molar-refractivity contribution is -0.114. The molecule has 0 atom stereocenters. The van der Waals surface area contributed by atoms with E-state index in [9.17, 15) is 9.18 Å². The molecule has 1 aromatic heterocycles. The van der Waals surface area contributed by atoms with Gasteiger partial charge < -0.3 is 5.32 Å². The average molecular weight is 316 g/mol. The van der Waals surface area contributed by atoms with E-state index in [1.54, 1.807) is 30.3 Å². The Bertz CT molecular complexity index is 882. The lowest BCUT2D eigenvalue weighted by atomic mass is 10.1. The molecule has 0 aliphatic heterocycles. The highest BCUT2D eigenvalue weighted by Gasteiger charge is 2.10. The Morgan fingerprint density at radius 3 is 2.73 bits per heavy atom. The van der Waals surface area contributed by atoms with Crippen LogP contribution in [-0.4, -0.2) is 15.9 Å². The fourth-order valence-electron chi connectivity index (χ4n) is 2.12. The monoisotopic (exact) mass is 315 g/mol. The minimum absolute atomic E-state index is 0.255. The van der Waals surface area contributed by atoms with Crippen LogP contribution in [0.1, 0.15) is 6.92 Å². The predicted molar refractivity (Wildman–Crippen MR) is 84.2 cm³/mol. The molecule has 0 saturated heterocycles. The number of benzene rings is 2. The molecule has 0 saturated carbocycles. The number of rotatable bonds is 2. The molecule has 0 radical (unpaired) electrons. The number of carbonyl (C=O) groups excluding carboxylic acids is 1. The van der Waals surface area contributed by atoms with Gasteiger partial charge in [-0.25, -0.2) is 9.37 Å². The molecule has 0 aliphatic rings. The Labute approximate surface area is 131 Å². The molecular weight excluding hydrogens is 305 g/mol. The summed E-state index contributed by atoms with van der Waals surface area (Å²) in [5, 5.41) is 3.10. The first kappa shape index (κ1) is 14.4. The van der Waals surface area contributed by atoms with E-state index >= 15 is 0 Å². The van der Waals surface area contributed by atoms with Crippen molar-refractivity contribution in [3.8, 4) is 11.3 Å². The van der Waals surface area contributed by atoms with Gasteiger partial charge in [-0.1, -0.05) is 11.6 Å². The number of aromatic nitrogens is 2. The summed E-state index contributed by atoms with van der Waals surface area (Å²) in [5.41, 5.74) is 2.41. The number of halogens is 2. The standard InChI is InChI=1S/C16H11ClFN3O/c1-9(22)20-11-3-4-12(13(18)7-11)16-8-19-15-6-10(17)2-5-14(15)21-16/h2-8H,1H3,(H,20,22). The summed E-state index contributed by atoms with van der Waals surface area (Å²) in [4.78, 5) is 19.6. The number of hydrogen-bond donors (Lipinski definition) is 1. The third kappa shape index (κ3) is 2.89. The molecule has 0 spiro atoms. The van der Waals surface area contributed by atoms with E-state index in [4.69, 9.17) is 11.6 Å². The van der Waals surface area contributed by atoms with Crippen LogP contribution in [0, 0.1) is 5.82 Å². The molecule has 1 amide bonds. The van der Waals surface area contributed by atoms with E-state index < -0.39 is 5.82 Å². The zero-order valence-electron chi connectivity index (χ0n) is 11.6. The van der Waals surface area contributed by atoms with Crippen LogP contribution in [0.4, 0.5) is 10.1 Å². The molecule has 0 unspecified atom stereocenters. The summed E-state index contributed by atoms with van der Waals surface area (Å²) in [6, 6.07) is 9.57. The summed E-state index contributed by atoms with van der Waals surface area (Å²) >= 11 is 5.90. The molecule has 0 aliphatic carbocycles. The van der Waals surface area contributed by atoms with Crippen LogP contribution in [0.3, 0.4) is 0 Å². The normalized spacial score (nSPS) is 10.7. The second kappa shape index (κ2) is 5.69. The van der Waals surface area contributed by atoms with E-state index in [1.165, 1.54) is 19.2 Å². The Morgan fingerprint density at radius 1 is 1.18 bits per heavy atom. The van der Waals surface area contributed by atoms with Crippen molar-refractivity contribution >= 4 is 34.2 Å². The number of nitrogens with zero attached hydrogens (tertiary/aromatic N) is 2. The van der Waals surface area contributed by atoms with Gasteiger partial charge in [0.05, 0.1) is 22.9 Å². The zero-order chi connectivity index (χ0) is 15.7. The quantitative estimate of drug-likeness (QED) is 0.776. The molecule has 0 fully saturated rings. The van der Waals surface area contributed by atoms with E-state index in [2.05, 4.69) is 15.3 Å². The average Bonchev–Trinajstić information content (AvgIpc) is 2.46. The predicted octanol–water partition coefficient (Wildman–Crippen LogP) is 4.05. The maximum absolute atomic E-state index is 14.2. The van der Waals surface area contributed by atoms with Crippen molar-refractivity contribution in [3.63, 3.8) is 0 Å². The van der Waals surface area contributed by atoms with E-state index in [0.29, 0.717) is 33.0 Å². The van der Waals surface area contributed by atoms with Gasteiger partial charge in [0.1, 0.15) is 5.82 Å². The minimum atomic E-state index is -0.478. The Kier molecular flexibility index (Phi) is 3.73. The first-order chi connectivity index (χ1) is 10.5. The number of nitrogens with one attached hydrogen (secondary N) is 1. The third-order valence-electron chi connectivity index (χ3n) is 3.07. The highest BCUT2D eigenvalue weighted by Crippen LogP contribution is 2.25. The van der Waals surface area contributed by atoms with Crippen molar-refractivity contribution in [1.29, 1.82) is 0 Å². The van der Waals surface area contributed by atoms with Crippen molar-refractivity contribution in [2.24, 2.45) is 0 Å². The number of hydrogen-bond acceptors (Lipinski definition) is 3. The van der Waals surface area contributed by atoms with Gasteiger partial charge in [-0.3, -0.25) is 9.78 Å². The third-order valence-corrected chi connectivity index (χ3v) is 3.30. The highest BCUT2D eigenvalue weighted by atomic mass is 35.5. The lowest BCUT2D eigenvalue weighted by Gasteiger charge is -2.07. The minimum Gasteiger partial charge on any atom is -0.326 e. The smallest absolute Gasteiger partial charge is 0.221 e. The van der Waals surface area contributed by atoms with Crippen LogP contribution < -0.4 is 5.32 Å². The van der Waals surface area contributed by atoms with Gasteiger partial charge in [0.25, 0.3) is 0 Å². The molecule has 3 aromatic rings. The molecular formula is C16H11ClFN3O. The molecule has 2 aromatic carbocycles. The van der Waals surface area contributed by atoms with Crippen LogP contribution in [-0.2, 0) is 4.79 Å². The zero-order valence-corrected chi connectivity index (χ0v) is 12.4. The Balaban J connectivity index is 2.03. The fourth-order valence-corrected chi connectivity index (χ4v) is 2.28. The van der Waals surface area contributed by atoms with Gasteiger partial charge in [-0.05, 0) is 36.4 Å². The lowest BCUT2D eigenvalue weighted by Crippen LogP contribution is -2.06.